The summed E-state index contributed by atoms with van der Waals surface area (Å²) < 4.78 is 11.2. The molecule has 0 radical (unpaired) electrons. The van der Waals surface area contributed by atoms with Crippen molar-refractivity contribution in [3.8, 4) is 5.88 Å². The Labute approximate surface area is 161 Å². The van der Waals surface area contributed by atoms with E-state index in [9.17, 15) is 4.79 Å². The quantitative estimate of drug-likeness (QED) is 0.755. The van der Waals surface area contributed by atoms with Crippen LogP contribution in [0, 0.1) is 0 Å². The van der Waals surface area contributed by atoms with Gasteiger partial charge in [0, 0.05) is 31.1 Å². The molecule has 1 aliphatic heterocycles. The average Bonchev–Trinajstić information content (AvgIpc) is 2.65. The molecule has 0 atom stereocenters. The van der Waals surface area contributed by atoms with Crippen LogP contribution in [-0.2, 0) is 4.74 Å². The monoisotopic (exact) mass is 380 g/mol. The van der Waals surface area contributed by atoms with Gasteiger partial charge in [-0.25, -0.2) is 4.98 Å². The van der Waals surface area contributed by atoms with E-state index in [1.54, 1.807) is 12.3 Å². The molecular formula is C20H29ClN2O3. The molecule has 1 aromatic rings. The summed E-state index contributed by atoms with van der Waals surface area (Å²) in [4.78, 5) is 19.5. The van der Waals surface area contributed by atoms with Crippen molar-refractivity contribution in [2.45, 2.75) is 77.0 Å². The third kappa shape index (κ3) is 4.68. The van der Waals surface area contributed by atoms with Crippen LogP contribution < -0.4 is 4.74 Å². The molecule has 5 nitrogen and oxygen atoms in total. The Kier molecular flexibility index (Phi) is 6.76. The lowest BCUT2D eigenvalue weighted by Crippen LogP contribution is -2.45. The number of hydrogen-bond donors (Lipinski definition) is 0. The Balaban J connectivity index is 1.72. The molecule has 0 unspecified atom stereocenters. The summed E-state index contributed by atoms with van der Waals surface area (Å²) in [5.74, 6) is 0.419. The third-order valence-corrected chi connectivity index (χ3v) is 5.53. The van der Waals surface area contributed by atoms with Gasteiger partial charge in [-0.2, -0.15) is 0 Å². The Morgan fingerprint density at radius 3 is 2.54 bits per heavy atom. The highest BCUT2D eigenvalue weighted by atomic mass is 35.5. The van der Waals surface area contributed by atoms with Gasteiger partial charge < -0.3 is 14.4 Å². The van der Waals surface area contributed by atoms with E-state index in [0.29, 0.717) is 35.7 Å². The van der Waals surface area contributed by atoms with Crippen molar-refractivity contribution in [2.75, 3.05) is 13.2 Å². The molecule has 1 aromatic heterocycles. The van der Waals surface area contributed by atoms with Gasteiger partial charge >= 0.3 is 0 Å². The number of amides is 1. The molecule has 2 aliphatic rings. The van der Waals surface area contributed by atoms with Crippen LogP contribution in [0.3, 0.4) is 0 Å². The Hall–Kier alpha value is -1.33. The van der Waals surface area contributed by atoms with Crippen LogP contribution in [0.15, 0.2) is 12.3 Å². The summed E-state index contributed by atoms with van der Waals surface area (Å²) in [6, 6.07) is 2.17. The summed E-state index contributed by atoms with van der Waals surface area (Å²) in [5, 5.41) is 0.398. The number of hydrogen-bond acceptors (Lipinski definition) is 4. The minimum atomic E-state index is 0.0129. The first-order valence-corrected chi connectivity index (χ1v) is 10.2. The maximum Gasteiger partial charge on any atom is 0.255 e. The number of carbonyl (C=O) groups is 1. The summed E-state index contributed by atoms with van der Waals surface area (Å²) in [6.07, 6.45) is 9.15. The fraction of sp³-hybridized carbons (Fsp3) is 0.700. The van der Waals surface area contributed by atoms with Crippen LogP contribution in [0.5, 0.6) is 5.88 Å². The van der Waals surface area contributed by atoms with Gasteiger partial charge in [0.15, 0.2) is 0 Å². The van der Waals surface area contributed by atoms with Gasteiger partial charge in [-0.15, -0.1) is 0 Å². The van der Waals surface area contributed by atoms with Crippen LogP contribution in [0.25, 0.3) is 0 Å². The molecule has 2 heterocycles. The molecule has 1 amide bonds. The van der Waals surface area contributed by atoms with E-state index in [0.717, 1.165) is 25.7 Å². The molecule has 0 spiro atoms. The zero-order valence-electron chi connectivity index (χ0n) is 15.7. The third-order valence-electron chi connectivity index (χ3n) is 5.26. The molecule has 0 aromatic carbocycles. The largest absolute Gasteiger partial charge is 0.473 e. The van der Waals surface area contributed by atoms with Gasteiger partial charge in [0.2, 0.25) is 5.88 Å². The first kappa shape index (κ1) is 19.4. The Bertz CT molecular complexity index is 611. The van der Waals surface area contributed by atoms with Gasteiger partial charge in [-0.1, -0.05) is 30.9 Å². The summed E-state index contributed by atoms with van der Waals surface area (Å²) in [5.41, 5.74) is 0.536. The van der Waals surface area contributed by atoms with Crippen LogP contribution in [0.1, 0.15) is 69.2 Å². The van der Waals surface area contributed by atoms with Crippen molar-refractivity contribution in [2.24, 2.45) is 0 Å². The number of halogens is 1. The number of rotatable bonds is 5. The molecule has 1 aliphatic carbocycles. The van der Waals surface area contributed by atoms with Gasteiger partial charge in [-0.3, -0.25) is 4.79 Å². The minimum absolute atomic E-state index is 0.0129. The van der Waals surface area contributed by atoms with Crippen molar-refractivity contribution in [1.82, 2.24) is 9.88 Å². The summed E-state index contributed by atoms with van der Waals surface area (Å²) in [6.45, 7) is 5.54. The van der Waals surface area contributed by atoms with Crippen molar-refractivity contribution in [1.29, 1.82) is 0 Å². The number of nitrogens with zero attached hydrogens (tertiary/aromatic N) is 2. The second kappa shape index (κ2) is 9.05. The Morgan fingerprint density at radius 2 is 1.92 bits per heavy atom. The van der Waals surface area contributed by atoms with Crippen LogP contribution >= 0.6 is 11.6 Å². The van der Waals surface area contributed by atoms with E-state index >= 15 is 0 Å². The Morgan fingerprint density at radius 1 is 1.23 bits per heavy atom. The number of aromatic nitrogens is 1. The molecule has 2 fully saturated rings. The normalized spacial score (nSPS) is 19.5. The first-order chi connectivity index (χ1) is 12.6. The van der Waals surface area contributed by atoms with E-state index in [1.807, 2.05) is 4.90 Å². The topological polar surface area (TPSA) is 51.7 Å². The second-order valence-corrected chi connectivity index (χ2v) is 7.95. The van der Waals surface area contributed by atoms with Crippen LogP contribution in [0.4, 0.5) is 0 Å². The standard InChI is InChI=1S/C20H29ClN2O3/c1-14(2)23(16-6-4-3-5-7-16)20(24)15-12-18(21)19(22-13-15)26-17-8-10-25-11-9-17/h12-14,16-17H,3-11H2,1-2H3. The van der Waals surface area contributed by atoms with E-state index < -0.39 is 0 Å². The van der Waals surface area contributed by atoms with Crippen LogP contribution in [-0.4, -0.2) is 47.2 Å². The summed E-state index contributed by atoms with van der Waals surface area (Å²) in [7, 11) is 0. The van der Waals surface area contributed by atoms with Gasteiger partial charge in [0.05, 0.1) is 18.8 Å². The van der Waals surface area contributed by atoms with E-state index in [4.69, 9.17) is 21.1 Å². The van der Waals surface area contributed by atoms with E-state index in [-0.39, 0.29) is 18.1 Å². The fourth-order valence-corrected chi connectivity index (χ4v) is 4.12. The molecule has 1 saturated carbocycles. The predicted octanol–water partition coefficient (Wildman–Crippen LogP) is 4.48. The van der Waals surface area contributed by atoms with Gasteiger partial charge in [0.1, 0.15) is 11.1 Å². The van der Waals surface area contributed by atoms with Crippen molar-refractivity contribution >= 4 is 17.5 Å². The summed E-state index contributed by atoms with van der Waals surface area (Å²) >= 11 is 6.37. The van der Waals surface area contributed by atoms with Gasteiger partial charge in [-0.05, 0) is 32.8 Å². The molecule has 0 bridgehead atoms. The highest BCUT2D eigenvalue weighted by molar-refractivity contribution is 6.32. The number of pyridine rings is 1. The van der Waals surface area contributed by atoms with Crippen molar-refractivity contribution < 1.29 is 14.3 Å². The maximum absolute atomic E-state index is 13.1. The number of ether oxygens (including phenoxy) is 2. The van der Waals surface area contributed by atoms with Crippen LogP contribution in [0.2, 0.25) is 5.02 Å². The zero-order valence-corrected chi connectivity index (χ0v) is 16.5. The number of carbonyl (C=O) groups excluding carboxylic acids is 1. The van der Waals surface area contributed by atoms with Crippen molar-refractivity contribution in [3.63, 3.8) is 0 Å². The average molecular weight is 381 g/mol. The fourth-order valence-electron chi connectivity index (χ4n) is 3.91. The molecule has 26 heavy (non-hydrogen) atoms. The lowest BCUT2D eigenvalue weighted by atomic mass is 9.93. The minimum Gasteiger partial charge on any atom is -0.473 e. The SMILES string of the molecule is CC(C)N(C(=O)c1cnc(OC2CCOCC2)c(Cl)c1)C1CCCCC1. The predicted molar refractivity (Wildman–Crippen MR) is 102 cm³/mol. The lowest BCUT2D eigenvalue weighted by Gasteiger charge is -2.37. The molecule has 3 rings (SSSR count). The molecule has 144 valence electrons. The van der Waals surface area contributed by atoms with E-state index in [1.165, 1.54) is 19.3 Å². The highest BCUT2D eigenvalue weighted by Gasteiger charge is 2.29. The van der Waals surface area contributed by atoms with Gasteiger partial charge in [0.25, 0.3) is 5.91 Å². The molecule has 6 heteroatoms. The lowest BCUT2D eigenvalue weighted by molar-refractivity contribution is 0.0237. The molecule has 1 saturated heterocycles. The highest BCUT2D eigenvalue weighted by Crippen LogP contribution is 2.29. The molecular weight excluding hydrogens is 352 g/mol. The molecule has 0 N–H and O–H groups in total. The second-order valence-electron chi connectivity index (χ2n) is 7.54. The van der Waals surface area contributed by atoms with E-state index in [2.05, 4.69) is 18.8 Å². The van der Waals surface area contributed by atoms with Crippen molar-refractivity contribution in [3.05, 3.63) is 22.8 Å². The first-order valence-electron chi connectivity index (χ1n) is 9.79. The zero-order chi connectivity index (χ0) is 18.5. The maximum atomic E-state index is 13.1. The smallest absolute Gasteiger partial charge is 0.255 e.